The zero-order valence-corrected chi connectivity index (χ0v) is 13.3. The van der Waals surface area contributed by atoms with Gasteiger partial charge < -0.3 is 0 Å². The second kappa shape index (κ2) is 6.43. The minimum absolute atomic E-state index is 0.428. The summed E-state index contributed by atoms with van der Waals surface area (Å²) in [5, 5.41) is 0.428. The molecule has 110 valence electrons. The second-order valence-electron chi connectivity index (χ2n) is 6.71. The van der Waals surface area contributed by atoms with E-state index in [1.165, 1.54) is 44.1 Å². The fraction of sp³-hybridized carbons (Fsp3) is 0.667. The number of benzene rings is 1. The lowest BCUT2D eigenvalue weighted by Gasteiger charge is -2.24. The first-order valence-electron chi connectivity index (χ1n) is 8.24. The van der Waals surface area contributed by atoms with Gasteiger partial charge in [-0.3, -0.25) is 4.21 Å². The van der Waals surface area contributed by atoms with Gasteiger partial charge in [-0.15, -0.1) is 0 Å². The van der Waals surface area contributed by atoms with Crippen LogP contribution in [0.1, 0.15) is 69.8 Å². The SMILES string of the molecule is C[C@H](CC1CCCC1)c1ccc(S(=O)C2CCC2)cc1. The van der Waals surface area contributed by atoms with Crippen molar-refractivity contribution in [3.8, 4) is 0 Å². The van der Waals surface area contributed by atoms with Gasteiger partial charge in [0.15, 0.2) is 0 Å². The monoisotopic (exact) mass is 290 g/mol. The Kier molecular flexibility index (Phi) is 4.60. The third-order valence-corrected chi connectivity index (χ3v) is 7.01. The van der Waals surface area contributed by atoms with Gasteiger partial charge in [-0.2, -0.15) is 0 Å². The maximum absolute atomic E-state index is 12.3. The zero-order chi connectivity index (χ0) is 13.9. The number of rotatable bonds is 5. The lowest BCUT2D eigenvalue weighted by molar-refractivity contribution is 0.460. The van der Waals surface area contributed by atoms with Crippen molar-refractivity contribution < 1.29 is 4.21 Å². The van der Waals surface area contributed by atoms with Crippen LogP contribution in [-0.4, -0.2) is 9.46 Å². The van der Waals surface area contributed by atoms with E-state index in [1.807, 2.05) is 0 Å². The molecule has 2 saturated carbocycles. The van der Waals surface area contributed by atoms with Crippen LogP contribution in [0.3, 0.4) is 0 Å². The van der Waals surface area contributed by atoms with Crippen LogP contribution >= 0.6 is 0 Å². The van der Waals surface area contributed by atoms with Crippen molar-refractivity contribution in [3.05, 3.63) is 29.8 Å². The number of hydrogen-bond acceptors (Lipinski definition) is 1. The van der Waals surface area contributed by atoms with Crippen molar-refractivity contribution in [1.29, 1.82) is 0 Å². The quantitative estimate of drug-likeness (QED) is 0.743. The van der Waals surface area contributed by atoms with E-state index in [9.17, 15) is 4.21 Å². The van der Waals surface area contributed by atoms with Gasteiger partial charge in [0.2, 0.25) is 0 Å². The fourth-order valence-electron chi connectivity index (χ4n) is 3.59. The Morgan fingerprint density at radius 3 is 2.25 bits per heavy atom. The normalized spacial score (nSPS) is 23.4. The summed E-state index contributed by atoms with van der Waals surface area (Å²) in [7, 11) is -0.767. The first-order valence-corrected chi connectivity index (χ1v) is 9.46. The van der Waals surface area contributed by atoms with Gasteiger partial charge >= 0.3 is 0 Å². The molecule has 2 aliphatic carbocycles. The van der Waals surface area contributed by atoms with Gasteiger partial charge in [0.1, 0.15) is 0 Å². The van der Waals surface area contributed by atoms with Crippen LogP contribution in [0, 0.1) is 5.92 Å². The maximum Gasteiger partial charge on any atom is 0.0560 e. The lowest BCUT2D eigenvalue weighted by atomic mass is 9.89. The molecule has 2 heteroatoms. The highest BCUT2D eigenvalue weighted by Gasteiger charge is 2.25. The molecule has 2 atom stereocenters. The second-order valence-corrected chi connectivity index (χ2v) is 8.44. The highest BCUT2D eigenvalue weighted by molar-refractivity contribution is 7.85. The molecule has 2 aliphatic rings. The van der Waals surface area contributed by atoms with Gasteiger partial charge in [0, 0.05) is 10.1 Å². The van der Waals surface area contributed by atoms with E-state index in [2.05, 4.69) is 31.2 Å². The molecule has 0 bridgehead atoms. The van der Waals surface area contributed by atoms with Gasteiger partial charge in [-0.1, -0.05) is 51.2 Å². The van der Waals surface area contributed by atoms with Crippen LogP contribution in [0.5, 0.6) is 0 Å². The molecule has 0 N–H and O–H groups in total. The molecule has 1 aromatic carbocycles. The molecule has 0 aliphatic heterocycles. The smallest absolute Gasteiger partial charge is 0.0560 e. The minimum atomic E-state index is -0.767. The van der Waals surface area contributed by atoms with Gasteiger partial charge in [0.05, 0.1) is 10.8 Å². The van der Waals surface area contributed by atoms with Crippen LogP contribution in [0.25, 0.3) is 0 Å². The van der Waals surface area contributed by atoms with Crippen molar-refractivity contribution in [2.75, 3.05) is 0 Å². The molecule has 0 aromatic heterocycles. The predicted octanol–water partition coefficient (Wildman–Crippen LogP) is 5.03. The highest BCUT2D eigenvalue weighted by atomic mass is 32.2. The minimum Gasteiger partial charge on any atom is -0.254 e. The Bertz CT molecular complexity index is 455. The zero-order valence-electron chi connectivity index (χ0n) is 12.5. The summed E-state index contributed by atoms with van der Waals surface area (Å²) in [6.45, 7) is 2.34. The molecule has 1 unspecified atom stereocenters. The summed E-state index contributed by atoms with van der Waals surface area (Å²) in [6, 6.07) is 8.64. The Morgan fingerprint density at radius 1 is 1.05 bits per heavy atom. The summed E-state index contributed by atoms with van der Waals surface area (Å²) in [4.78, 5) is 1.03. The Labute approximate surface area is 125 Å². The van der Waals surface area contributed by atoms with E-state index in [-0.39, 0.29) is 0 Å². The summed E-state index contributed by atoms with van der Waals surface area (Å²) in [6.07, 6.45) is 10.6. The van der Waals surface area contributed by atoms with Crippen molar-refractivity contribution >= 4 is 10.8 Å². The first kappa shape index (κ1) is 14.3. The van der Waals surface area contributed by atoms with Crippen molar-refractivity contribution in [1.82, 2.24) is 0 Å². The summed E-state index contributed by atoms with van der Waals surface area (Å²) in [5.74, 6) is 1.58. The fourth-order valence-corrected chi connectivity index (χ4v) is 5.14. The van der Waals surface area contributed by atoms with E-state index in [0.717, 1.165) is 23.7 Å². The molecule has 0 heterocycles. The molecular weight excluding hydrogens is 264 g/mol. The average molecular weight is 290 g/mol. The van der Waals surface area contributed by atoms with Gasteiger partial charge in [-0.25, -0.2) is 0 Å². The topological polar surface area (TPSA) is 17.1 Å². The van der Waals surface area contributed by atoms with Crippen LogP contribution in [0.4, 0.5) is 0 Å². The molecule has 0 radical (unpaired) electrons. The van der Waals surface area contributed by atoms with E-state index in [0.29, 0.717) is 11.2 Å². The maximum atomic E-state index is 12.3. The summed E-state index contributed by atoms with van der Waals surface area (Å²) < 4.78 is 12.3. The van der Waals surface area contributed by atoms with Crippen molar-refractivity contribution in [2.45, 2.75) is 74.4 Å². The van der Waals surface area contributed by atoms with Crippen molar-refractivity contribution in [2.24, 2.45) is 5.92 Å². The van der Waals surface area contributed by atoms with Crippen LogP contribution in [0.2, 0.25) is 0 Å². The standard InChI is InChI=1S/C18H26OS/c1-14(13-15-5-2-3-6-15)16-9-11-18(12-10-16)20(19)17-7-4-8-17/h9-12,14-15,17H,2-8,13H2,1H3/t14-,20?/m1/s1. The Hall–Kier alpha value is -0.630. The first-order chi connectivity index (χ1) is 9.74. The molecule has 2 fully saturated rings. The lowest BCUT2D eigenvalue weighted by Crippen LogP contribution is -2.23. The number of hydrogen-bond donors (Lipinski definition) is 0. The molecule has 0 spiro atoms. The van der Waals surface area contributed by atoms with Crippen molar-refractivity contribution in [3.63, 3.8) is 0 Å². The molecule has 0 saturated heterocycles. The Morgan fingerprint density at radius 2 is 1.70 bits per heavy atom. The highest BCUT2D eigenvalue weighted by Crippen LogP contribution is 2.34. The molecule has 1 aromatic rings. The summed E-state index contributed by atoms with van der Waals surface area (Å²) in [5.41, 5.74) is 1.42. The van der Waals surface area contributed by atoms with E-state index < -0.39 is 10.8 Å². The average Bonchev–Trinajstić information content (AvgIpc) is 2.89. The van der Waals surface area contributed by atoms with Crippen LogP contribution in [0.15, 0.2) is 29.2 Å². The van der Waals surface area contributed by atoms with E-state index >= 15 is 0 Å². The summed E-state index contributed by atoms with van der Waals surface area (Å²) >= 11 is 0. The largest absolute Gasteiger partial charge is 0.254 e. The van der Waals surface area contributed by atoms with Gasteiger partial charge in [0.25, 0.3) is 0 Å². The van der Waals surface area contributed by atoms with Crippen LogP contribution in [-0.2, 0) is 10.8 Å². The molecule has 3 rings (SSSR count). The molecule has 1 nitrogen and oxygen atoms in total. The third kappa shape index (κ3) is 3.16. The third-order valence-electron chi connectivity index (χ3n) is 5.20. The molecule has 0 amide bonds. The van der Waals surface area contributed by atoms with E-state index in [4.69, 9.17) is 0 Å². The molecule has 20 heavy (non-hydrogen) atoms. The van der Waals surface area contributed by atoms with E-state index in [1.54, 1.807) is 0 Å². The Balaban J connectivity index is 1.61. The van der Waals surface area contributed by atoms with Crippen LogP contribution < -0.4 is 0 Å². The predicted molar refractivity (Wildman–Crippen MR) is 85.5 cm³/mol. The molecular formula is C18H26OS. The van der Waals surface area contributed by atoms with Gasteiger partial charge in [-0.05, 0) is 48.8 Å².